The predicted octanol–water partition coefficient (Wildman–Crippen LogP) is -0.882. The summed E-state index contributed by atoms with van der Waals surface area (Å²) in [7, 11) is -2.77. The van der Waals surface area contributed by atoms with E-state index in [1.807, 2.05) is 0 Å². The van der Waals surface area contributed by atoms with Gasteiger partial charge in [-0.1, -0.05) is 0 Å². The Morgan fingerprint density at radius 1 is 1.50 bits per heavy atom. The molecule has 4 nitrogen and oxygen atoms in total. The van der Waals surface area contributed by atoms with Gasteiger partial charge in [0.15, 0.2) is 0 Å². The first-order chi connectivity index (χ1) is 3.77. The highest BCUT2D eigenvalue weighted by Crippen LogP contribution is 1.75. The van der Waals surface area contributed by atoms with Crippen molar-refractivity contribution in [1.29, 1.82) is 0 Å². The minimum Gasteiger partial charge on any atom is -0.303 e. The minimum atomic E-state index is -2.77. The molecule has 0 aromatic carbocycles. The van der Waals surface area contributed by atoms with Gasteiger partial charge in [0.25, 0.3) is 11.0 Å². The lowest BCUT2D eigenvalue weighted by Crippen LogP contribution is -1.91. The predicted molar refractivity (Wildman–Crippen MR) is 26.9 cm³/mol. The fourth-order valence-electron chi connectivity index (χ4n) is 0.175. The van der Waals surface area contributed by atoms with Gasteiger partial charge in [-0.3, -0.25) is 4.18 Å². The van der Waals surface area contributed by atoms with Crippen LogP contribution >= 0.6 is 0 Å². The fourth-order valence-corrected chi connectivity index (χ4v) is 0.430. The molecule has 5 heteroatoms. The highest BCUT2D eigenvalue weighted by molar-refractivity contribution is 7.67. The smallest absolute Gasteiger partial charge is 0.257 e. The first-order valence-corrected chi connectivity index (χ1v) is 3.08. The summed E-state index contributed by atoms with van der Waals surface area (Å²) in [6, 6.07) is 0. The molecule has 0 aliphatic rings. The van der Waals surface area contributed by atoms with Crippen LogP contribution in [0.1, 0.15) is 6.42 Å². The summed E-state index contributed by atoms with van der Waals surface area (Å²) < 4.78 is 23.2. The molecule has 0 heterocycles. The van der Waals surface area contributed by atoms with Crippen LogP contribution in [0, 0.1) is 0 Å². The molecule has 0 radical (unpaired) electrons. The van der Waals surface area contributed by atoms with E-state index in [-0.39, 0.29) is 13.0 Å². The number of carbonyl (C=O) groups is 1. The summed E-state index contributed by atoms with van der Waals surface area (Å²) in [4.78, 5) is 9.51. The molecule has 0 aromatic heterocycles. The summed E-state index contributed by atoms with van der Waals surface area (Å²) in [6.45, 7) is -0.0395. The van der Waals surface area contributed by atoms with Gasteiger partial charge >= 0.3 is 0 Å². The second kappa shape index (κ2) is 4.73. The van der Waals surface area contributed by atoms with E-state index in [4.69, 9.17) is 0 Å². The van der Waals surface area contributed by atoms with Gasteiger partial charge in [0.1, 0.15) is 6.29 Å². The largest absolute Gasteiger partial charge is 0.303 e. The van der Waals surface area contributed by atoms with Crippen LogP contribution in [-0.2, 0) is 20.0 Å². The Balaban J connectivity index is 3.05. The molecule has 0 aliphatic carbocycles. The zero-order valence-electron chi connectivity index (χ0n) is 4.07. The van der Waals surface area contributed by atoms with Gasteiger partial charge in [-0.15, -0.1) is 0 Å². The molecule has 0 saturated heterocycles. The molecular formula is C3H6O4S. The average molecular weight is 138 g/mol. The molecule has 0 amide bonds. The summed E-state index contributed by atoms with van der Waals surface area (Å²) in [6.07, 6.45) is 0.724. The van der Waals surface area contributed by atoms with Crippen LogP contribution < -0.4 is 0 Å². The van der Waals surface area contributed by atoms with Crippen LogP contribution in [0.25, 0.3) is 0 Å². The molecule has 0 spiro atoms. The molecule has 0 saturated carbocycles. The lowest BCUT2D eigenvalue weighted by atomic mass is 10.5. The molecule has 0 fully saturated rings. The van der Waals surface area contributed by atoms with Crippen molar-refractivity contribution in [1.82, 2.24) is 0 Å². The van der Waals surface area contributed by atoms with Crippen molar-refractivity contribution < 1.29 is 17.4 Å². The molecular weight excluding hydrogens is 132 g/mol. The van der Waals surface area contributed by atoms with E-state index >= 15 is 0 Å². The number of hydrogen-bond acceptors (Lipinski definition) is 4. The lowest BCUT2D eigenvalue weighted by molar-refractivity contribution is -0.108. The third kappa shape index (κ3) is 5.58. The number of thiol groups is 1. The number of aldehydes is 1. The molecule has 0 atom stereocenters. The first kappa shape index (κ1) is 7.58. The molecule has 0 N–H and O–H groups in total. The standard InChI is InChI=1S/C3H6O4S/c4-2-1-3-7-8(5)6/h2,8H,1,3H2. The van der Waals surface area contributed by atoms with E-state index < -0.39 is 11.0 Å². The van der Waals surface area contributed by atoms with Gasteiger partial charge in [0.05, 0.1) is 6.61 Å². The Morgan fingerprint density at radius 2 is 2.12 bits per heavy atom. The molecule has 0 unspecified atom stereocenters. The van der Waals surface area contributed by atoms with Crippen LogP contribution in [0.4, 0.5) is 0 Å². The van der Waals surface area contributed by atoms with Crippen molar-refractivity contribution in [2.45, 2.75) is 6.42 Å². The third-order valence-corrected chi connectivity index (χ3v) is 0.826. The Labute approximate surface area is 48.6 Å². The van der Waals surface area contributed by atoms with E-state index in [1.54, 1.807) is 0 Å². The number of hydrogen-bond donors (Lipinski definition) is 1. The summed E-state index contributed by atoms with van der Waals surface area (Å²) >= 11 is 0. The molecule has 0 bridgehead atoms. The van der Waals surface area contributed by atoms with Crippen LogP contribution in [-0.4, -0.2) is 21.3 Å². The average Bonchev–Trinajstić information content (AvgIpc) is 1.66. The fraction of sp³-hybridized carbons (Fsp3) is 0.667. The Bertz CT molecular complexity index is 119. The topological polar surface area (TPSA) is 60.4 Å². The van der Waals surface area contributed by atoms with Crippen LogP contribution in [0.5, 0.6) is 0 Å². The van der Waals surface area contributed by atoms with E-state index in [9.17, 15) is 13.2 Å². The Kier molecular flexibility index (Phi) is 4.48. The van der Waals surface area contributed by atoms with Crippen molar-refractivity contribution in [2.24, 2.45) is 0 Å². The van der Waals surface area contributed by atoms with Crippen molar-refractivity contribution >= 4 is 17.3 Å². The van der Waals surface area contributed by atoms with Crippen molar-refractivity contribution in [3.8, 4) is 0 Å². The second-order valence-electron chi connectivity index (χ2n) is 1.01. The SMILES string of the molecule is O=CCCO[SH](=O)=O. The summed E-state index contributed by atoms with van der Waals surface area (Å²) in [5.41, 5.74) is 0. The van der Waals surface area contributed by atoms with Gasteiger partial charge in [-0.25, -0.2) is 8.42 Å². The van der Waals surface area contributed by atoms with E-state index in [0.29, 0.717) is 6.29 Å². The molecule has 0 rings (SSSR count). The zero-order chi connectivity index (χ0) is 6.41. The van der Waals surface area contributed by atoms with Crippen molar-refractivity contribution in [3.63, 3.8) is 0 Å². The summed E-state index contributed by atoms with van der Waals surface area (Å²) in [5.74, 6) is 0. The Morgan fingerprint density at radius 3 is 2.50 bits per heavy atom. The van der Waals surface area contributed by atoms with E-state index in [2.05, 4.69) is 4.18 Å². The molecule has 0 aliphatic heterocycles. The third-order valence-electron chi connectivity index (χ3n) is 0.432. The van der Waals surface area contributed by atoms with Gasteiger partial charge in [0, 0.05) is 6.42 Å². The maximum atomic E-state index is 9.57. The van der Waals surface area contributed by atoms with Crippen LogP contribution in [0.2, 0.25) is 0 Å². The summed E-state index contributed by atoms with van der Waals surface area (Å²) in [5, 5.41) is 0. The first-order valence-electron chi connectivity index (χ1n) is 1.98. The molecule has 48 valence electrons. The quantitative estimate of drug-likeness (QED) is 0.311. The minimum absolute atomic E-state index is 0.0395. The van der Waals surface area contributed by atoms with Crippen molar-refractivity contribution in [2.75, 3.05) is 6.61 Å². The van der Waals surface area contributed by atoms with Gasteiger partial charge < -0.3 is 4.79 Å². The monoisotopic (exact) mass is 138 g/mol. The van der Waals surface area contributed by atoms with Gasteiger partial charge in [-0.05, 0) is 0 Å². The van der Waals surface area contributed by atoms with E-state index in [0.717, 1.165) is 0 Å². The number of carbonyl (C=O) groups excluding carboxylic acids is 1. The maximum absolute atomic E-state index is 9.57. The highest BCUT2D eigenvalue weighted by Gasteiger charge is 1.83. The van der Waals surface area contributed by atoms with E-state index in [1.165, 1.54) is 0 Å². The lowest BCUT2D eigenvalue weighted by Gasteiger charge is -1.84. The maximum Gasteiger partial charge on any atom is 0.257 e. The van der Waals surface area contributed by atoms with Gasteiger partial charge in [-0.2, -0.15) is 0 Å². The van der Waals surface area contributed by atoms with Crippen LogP contribution in [0.15, 0.2) is 0 Å². The molecule has 8 heavy (non-hydrogen) atoms. The second-order valence-corrected chi connectivity index (χ2v) is 1.72. The van der Waals surface area contributed by atoms with Crippen LogP contribution in [0.3, 0.4) is 0 Å². The number of rotatable bonds is 4. The normalized spacial score (nSPS) is 9.62. The zero-order valence-corrected chi connectivity index (χ0v) is 4.97. The Hall–Kier alpha value is -0.420. The van der Waals surface area contributed by atoms with Crippen molar-refractivity contribution in [3.05, 3.63) is 0 Å². The molecule has 0 aromatic rings. The van der Waals surface area contributed by atoms with Gasteiger partial charge in [0.2, 0.25) is 0 Å². The highest BCUT2D eigenvalue weighted by atomic mass is 32.2.